The maximum Gasteiger partial charge on any atom is 0.312 e. The molecule has 110 valence electrons. The molecule has 1 unspecified atom stereocenters. The Morgan fingerprint density at radius 3 is 2.40 bits per heavy atom. The molecule has 1 fully saturated rings. The van der Waals surface area contributed by atoms with Crippen molar-refractivity contribution < 1.29 is 18.3 Å². The summed E-state index contributed by atoms with van der Waals surface area (Å²) >= 11 is 0. The summed E-state index contributed by atoms with van der Waals surface area (Å²) < 4.78 is 26.6. The molecule has 1 saturated carbocycles. The third-order valence-electron chi connectivity index (χ3n) is 3.73. The van der Waals surface area contributed by atoms with Crippen LogP contribution in [0.1, 0.15) is 37.2 Å². The van der Waals surface area contributed by atoms with Crippen molar-refractivity contribution in [1.82, 2.24) is 4.72 Å². The predicted molar refractivity (Wildman–Crippen MR) is 76.0 cm³/mol. The summed E-state index contributed by atoms with van der Waals surface area (Å²) in [4.78, 5) is 11.3. The quantitative estimate of drug-likeness (QED) is 0.837. The third-order valence-corrected chi connectivity index (χ3v) is 5.65. The topological polar surface area (TPSA) is 83.5 Å². The van der Waals surface area contributed by atoms with Gasteiger partial charge in [0, 0.05) is 6.54 Å². The van der Waals surface area contributed by atoms with Gasteiger partial charge in [0.1, 0.15) is 0 Å². The zero-order valence-electron chi connectivity index (χ0n) is 11.2. The molecule has 1 aliphatic carbocycles. The maximum absolute atomic E-state index is 12.1. The molecule has 1 atom stereocenters. The number of benzene rings is 1. The van der Waals surface area contributed by atoms with Crippen molar-refractivity contribution in [3.05, 3.63) is 35.9 Å². The summed E-state index contributed by atoms with van der Waals surface area (Å²) in [6.45, 7) is -0.0990. The van der Waals surface area contributed by atoms with E-state index in [0.717, 1.165) is 12.8 Å². The van der Waals surface area contributed by atoms with Crippen LogP contribution in [0.2, 0.25) is 0 Å². The molecule has 0 radical (unpaired) electrons. The molecule has 1 aromatic carbocycles. The van der Waals surface area contributed by atoms with E-state index in [1.54, 1.807) is 30.3 Å². The number of carboxylic acid groups (broad SMARTS) is 1. The molecule has 6 heteroatoms. The molecule has 5 nitrogen and oxygen atoms in total. The fourth-order valence-corrected chi connectivity index (χ4v) is 4.14. The van der Waals surface area contributed by atoms with E-state index in [4.69, 9.17) is 0 Å². The van der Waals surface area contributed by atoms with Crippen LogP contribution >= 0.6 is 0 Å². The van der Waals surface area contributed by atoms with Gasteiger partial charge in [0.25, 0.3) is 0 Å². The molecule has 1 aliphatic rings. The van der Waals surface area contributed by atoms with Gasteiger partial charge in [-0.15, -0.1) is 0 Å². The molecule has 0 saturated heterocycles. The molecule has 2 N–H and O–H groups in total. The highest BCUT2D eigenvalue weighted by molar-refractivity contribution is 7.90. The minimum atomic E-state index is -3.41. The SMILES string of the molecule is O=C(O)C(CNS(=O)(=O)C1CCCC1)c1ccccc1. The van der Waals surface area contributed by atoms with Gasteiger partial charge in [-0.1, -0.05) is 43.2 Å². The smallest absolute Gasteiger partial charge is 0.312 e. The second-order valence-electron chi connectivity index (χ2n) is 5.10. The maximum atomic E-state index is 12.1. The van der Waals surface area contributed by atoms with E-state index in [2.05, 4.69) is 4.72 Å². The minimum Gasteiger partial charge on any atom is -0.481 e. The highest BCUT2D eigenvalue weighted by Crippen LogP contribution is 2.24. The lowest BCUT2D eigenvalue weighted by atomic mass is 10.00. The summed E-state index contributed by atoms with van der Waals surface area (Å²) in [5.74, 6) is -1.88. The van der Waals surface area contributed by atoms with Crippen LogP contribution < -0.4 is 4.72 Å². The van der Waals surface area contributed by atoms with E-state index in [-0.39, 0.29) is 11.8 Å². The summed E-state index contributed by atoms with van der Waals surface area (Å²) in [5.41, 5.74) is 0.606. The number of sulfonamides is 1. The van der Waals surface area contributed by atoms with Gasteiger partial charge in [-0.05, 0) is 18.4 Å². The first-order valence-corrected chi connectivity index (χ1v) is 8.31. The number of hydrogen-bond donors (Lipinski definition) is 2. The standard InChI is InChI=1S/C14H19NO4S/c16-14(17)13(11-6-2-1-3-7-11)10-15-20(18,19)12-8-4-5-9-12/h1-3,6-7,12-13,15H,4-5,8-10H2,(H,16,17). The highest BCUT2D eigenvalue weighted by atomic mass is 32.2. The molecule has 0 amide bonds. The molecule has 0 bridgehead atoms. The van der Waals surface area contributed by atoms with Gasteiger partial charge in [-0.2, -0.15) is 0 Å². The summed E-state index contributed by atoms with van der Waals surface area (Å²) in [6.07, 6.45) is 3.18. The Hall–Kier alpha value is -1.40. The van der Waals surface area contributed by atoms with Gasteiger partial charge in [0.2, 0.25) is 10.0 Å². The lowest BCUT2D eigenvalue weighted by Crippen LogP contribution is -2.37. The van der Waals surface area contributed by atoms with Gasteiger partial charge in [0.05, 0.1) is 11.2 Å². The van der Waals surface area contributed by atoms with Crippen molar-refractivity contribution in [2.45, 2.75) is 36.9 Å². The van der Waals surface area contributed by atoms with Gasteiger partial charge >= 0.3 is 5.97 Å². The first-order valence-electron chi connectivity index (χ1n) is 6.77. The Balaban J connectivity index is 2.05. The zero-order chi connectivity index (χ0) is 14.6. The first kappa shape index (κ1) is 15.0. The fraction of sp³-hybridized carbons (Fsp3) is 0.500. The van der Waals surface area contributed by atoms with Crippen LogP contribution in [-0.4, -0.2) is 31.3 Å². The first-order chi connectivity index (χ1) is 9.50. The van der Waals surface area contributed by atoms with Crippen LogP contribution in [-0.2, 0) is 14.8 Å². The van der Waals surface area contributed by atoms with Crippen LogP contribution in [0.15, 0.2) is 30.3 Å². The minimum absolute atomic E-state index is 0.0990. The largest absolute Gasteiger partial charge is 0.481 e. The van der Waals surface area contributed by atoms with E-state index in [0.29, 0.717) is 18.4 Å². The highest BCUT2D eigenvalue weighted by Gasteiger charge is 2.30. The zero-order valence-corrected chi connectivity index (χ0v) is 12.0. The van der Waals surface area contributed by atoms with Crippen molar-refractivity contribution in [2.75, 3.05) is 6.54 Å². The van der Waals surface area contributed by atoms with Crippen molar-refractivity contribution in [3.63, 3.8) is 0 Å². The second-order valence-corrected chi connectivity index (χ2v) is 7.15. The van der Waals surface area contributed by atoms with Crippen LogP contribution in [0.5, 0.6) is 0 Å². The fourth-order valence-electron chi connectivity index (χ4n) is 2.55. The van der Waals surface area contributed by atoms with Crippen molar-refractivity contribution in [3.8, 4) is 0 Å². The van der Waals surface area contributed by atoms with Crippen molar-refractivity contribution in [1.29, 1.82) is 0 Å². The monoisotopic (exact) mass is 297 g/mol. The average Bonchev–Trinajstić information content (AvgIpc) is 2.94. The van der Waals surface area contributed by atoms with Gasteiger partial charge < -0.3 is 5.11 Å². The van der Waals surface area contributed by atoms with Crippen LogP contribution in [0.3, 0.4) is 0 Å². The summed E-state index contributed by atoms with van der Waals surface area (Å²) in [6, 6.07) is 8.68. The normalized spacial score (nSPS) is 18.0. The number of rotatable bonds is 6. The molecule has 1 aromatic rings. The second kappa shape index (κ2) is 6.37. The van der Waals surface area contributed by atoms with Crippen LogP contribution in [0.25, 0.3) is 0 Å². The van der Waals surface area contributed by atoms with E-state index >= 15 is 0 Å². The van der Waals surface area contributed by atoms with Crippen LogP contribution in [0.4, 0.5) is 0 Å². The third kappa shape index (κ3) is 3.58. The number of carbonyl (C=O) groups is 1. The molecular weight excluding hydrogens is 278 g/mol. The molecule has 0 heterocycles. The van der Waals surface area contributed by atoms with E-state index in [1.807, 2.05) is 0 Å². The lowest BCUT2D eigenvalue weighted by Gasteiger charge is -2.16. The van der Waals surface area contributed by atoms with E-state index in [1.165, 1.54) is 0 Å². The van der Waals surface area contributed by atoms with Gasteiger partial charge in [0.15, 0.2) is 0 Å². The molecule has 0 spiro atoms. The Morgan fingerprint density at radius 2 is 1.85 bits per heavy atom. The number of hydrogen-bond acceptors (Lipinski definition) is 3. The molecule has 2 rings (SSSR count). The Morgan fingerprint density at radius 1 is 1.25 bits per heavy atom. The Bertz CT molecular complexity index is 550. The Labute approximate surface area is 119 Å². The van der Waals surface area contributed by atoms with E-state index in [9.17, 15) is 18.3 Å². The van der Waals surface area contributed by atoms with Crippen molar-refractivity contribution in [2.24, 2.45) is 0 Å². The molecule has 0 aliphatic heterocycles. The summed E-state index contributed by atoms with van der Waals surface area (Å²) in [5, 5.41) is 8.89. The number of aliphatic carboxylic acids is 1. The predicted octanol–water partition coefficient (Wildman–Crippen LogP) is 1.72. The molecule has 20 heavy (non-hydrogen) atoms. The number of nitrogens with one attached hydrogen (secondary N) is 1. The van der Waals surface area contributed by atoms with Crippen LogP contribution in [0, 0.1) is 0 Å². The van der Waals surface area contributed by atoms with Gasteiger partial charge in [-0.25, -0.2) is 13.1 Å². The number of carboxylic acids is 1. The van der Waals surface area contributed by atoms with E-state index < -0.39 is 21.9 Å². The Kier molecular flexibility index (Phi) is 4.77. The lowest BCUT2D eigenvalue weighted by molar-refractivity contribution is -0.138. The molecule has 0 aromatic heterocycles. The summed E-state index contributed by atoms with van der Waals surface area (Å²) in [7, 11) is -3.41. The van der Waals surface area contributed by atoms with Gasteiger partial charge in [-0.3, -0.25) is 4.79 Å². The molecular formula is C14H19NO4S. The van der Waals surface area contributed by atoms with Crippen molar-refractivity contribution >= 4 is 16.0 Å². The average molecular weight is 297 g/mol.